The molecule has 10 heteroatoms. The van der Waals surface area contributed by atoms with E-state index in [2.05, 4.69) is 20.4 Å². The Morgan fingerprint density at radius 1 is 1.28 bits per heavy atom. The maximum Gasteiger partial charge on any atom is 0.270 e. The van der Waals surface area contributed by atoms with Crippen LogP contribution in [0.5, 0.6) is 0 Å². The van der Waals surface area contributed by atoms with Crippen LogP contribution in [0.4, 0.5) is 10.1 Å². The van der Waals surface area contributed by atoms with E-state index >= 15 is 0 Å². The van der Waals surface area contributed by atoms with Crippen LogP contribution in [0.1, 0.15) is 17.5 Å². The highest BCUT2D eigenvalue weighted by molar-refractivity contribution is 5.85. The Bertz CT molecular complexity index is 999. The lowest BCUT2D eigenvalue weighted by Crippen LogP contribution is -2.45. The van der Waals surface area contributed by atoms with Crippen LogP contribution >= 0.6 is 12.4 Å². The molecule has 0 aliphatic carbocycles. The monoisotopic (exact) mass is 419 g/mol. The topological polar surface area (TPSA) is 97.3 Å². The lowest BCUT2D eigenvalue weighted by Gasteiger charge is -2.35. The zero-order chi connectivity index (χ0) is 19.5. The summed E-state index contributed by atoms with van der Waals surface area (Å²) in [4.78, 5) is 17.0. The second-order valence-electron chi connectivity index (χ2n) is 6.56. The summed E-state index contributed by atoms with van der Waals surface area (Å²) in [7, 11) is 0. The molecule has 0 bridgehead atoms. The van der Waals surface area contributed by atoms with Crippen molar-refractivity contribution in [2.45, 2.75) is 12.6 Å². The van der Waals surface area contributed by atoms with Gasteiger partial charge in [0.2, 0.25) is 11.7 Å². The largest absolute Gasteiger partial charge is 0.338 e. The zero-order valence-electron chi connectivity index (χ0n) is 15.3. The molecule has 1 atom stereocenters. The molecule has 29 heavy (non-hydrogen) atoms. The van der Waals surface area contributed by atoms with Gasteiger partial charge in [-0.25, -0.2) is 4.39 Å². The Balaban J connectivity index is 0.00000240. The minimum Gasteiger partial charge on any atom is -0.338 e. The lowest BCUT2D eigenvalue weighted by atomic mass is 10.0. The van der Waals surface area contributed by atoms with E-state index in [1.54, 1.807) is 18.2 Å². The van der Waals surface area contributed by atoms with Gasteiger partial charge in [0.15, 0.2) is 0 Å². The first kappa shape index (κ1) is 20.8. The van der Waals surface area contributed by atoms with Gasteiger partial charge in [-0.1, -0.05) is 29.4 Å². The number of hydrogen-bond acceptors (Lipinski definition) is 7. The van der Waals surface area contributed by atoms with Gasteiger partial charge in [0, 0.05) is 43.4 Å². The van der Waals surface area contributed by atoms with Crippen molar-refractivity contribution < 1.29 is 13.8 Å². The molecular formula is C19H19ClFN5O3. The number of benzene rings is 2. The summed E-state index contributed by atoms with van der Waals surface area (Å²) in [5.41, 5.74) is 1.37. The average molecular weight is 420 g/mol. The van der Waals surface area contributed by atoms with E-state index in [0.29, 0.717) is 30.4 Å². The average Bonchev–Trinajstić information content (AvgIpc) is 3.17. The molecule has 2 aromatic carbocycles. The van der Waals surface area contributed by atoms with Crippen LogP contribution in [0.3, 0.4) is 0 Å². The van der Waals surface area contributed by atoms with Crippen molar-refractivity contribution in [3.63, 3.8) is 0 Å². The number of nitro benzene ring substituents is 1. The van der Waals surface area contributed by atoms with Gasteiger partial charge in [-0.3, -0.25) is 15.0 Å². The van der Waals surface area contributed by atoms with Crippen molar-refractivity contribution in [1.29, 1.82) is 0 Å². The highest BCUT2D eigenvalue weighted by atomic mass is 35.5. The second-order valence-corrected chi connectivity index (χ2v) is 6.56. The molecule has 1 unspecified atom stereocenters. The van der Waals surface area contributed by atoms with Crippen molar-refractivity contribution >= 4 is 18.1 Å². The van der Waals surface area contributed by atoms with Gasteiger partial charge in [0.25, 0.3) is 5.69 Å². The molecule has 1 aliphatic rings. The van der Waals surface area contributed by atoms with Gasteiger partial charge in [0.05, 0.1) is 11.5 Å². The predicted octanol–water partition coefficient (Wildman–Crippen LogP) is 3.35. The molecular weight excluding hydrogens is 401 g/mol. The normalized spacial score (nSPS) is 16.9. The Kier molecular flexibility index (Phi) is 6.53. The van der Waals surface area contributed by atoms with E-state index in [9.17, 15) is 14.5 Å². The molecule has 1 fully saturated rings. The summed E-state index contributed by atoms with van der Waals surface area (Å²) >= 11 is 0. The number of hydrogen-bond donors (Lipinski definition) is 1. The van der Waals surface area contributed by atoms with E-state index < -0.39 is 4.92 Å². The van der Waals surface area contributed by atoms with Gasteiger partial charge >= 0.3 is 0 Å². The number of rotatable bonds is 5. The van der Waals surface area contributed by atoms with E-state index in [-0.39, 0.29) is 30.0 Å². The Morgan fingerprint density at radius 2 is 2.10 bits per heavy atom. The minimum absolute atomic E-state index is 0. The van der Waals surface area contributed by atoms with E-state index in [0.717, 1.165) is 18.7 Å². The Morgan fingerprint density at radius 3 is 2.90 bits per heavy atom. The third kappa shape index (κ3) is 4.76. The molecule has 1 saturated heterocycles. The molecule has 8 nitrogen and oxygen atoms in total. The van der Waals surface area contributed by atoms with Crippen molar-refractivity contribution in [3.8, 4) is 11.4 Å². The highest BCUT2D eigenvalue weighted by Gasteiger charge is 2.26. The van der Waals surface area contributed by atoms with Crippen molar-refractivity contribution in [3.05, 3.63) is 75.9 Å². The van der Waals surface area contributed by atoms with Gasteiger partial charge in [-0.2, -0.15) is 4.98 Å². The summed E-state index contributed by atoms with van der Waals surface area (Å²) in [6.07, 6.45) is 0. The summed E-state index contributed by atoms with van der Waals surface area (Å²) in [6.45, 7) is 2.65. The molecule has 4 rings (SSSR count). The Labute approximate surface area is 172 Å². The molecule has 1 aromatic heterocycles. The molecule has 0 spiro atoms. The third-order valence-electron chi connectivity index (χ3n) is 4.71. The Hall–Kier alpha value is -2.88. The van der Waals surface area contributed by atoms with Crippen LogP contribution in [0.25, 0.3) is 11.4 Å². The first-order chi connectivity index (χ1) is 13.6. The molecule has 1 aliphatic heterocycles. The summed E-state index contributed by atoms with van der Waals surface area (Å²) in [6, 6.07) is 12.6. The van der Waals surface area contributed by atoms with Crippen molar-refractivity contribution in [2.24, 2.45) is 0 Å². The van der Waals surface area contributed by atoms with Crippen LogP contribution in [-0.4, -0.2) is 39.6 Å². The fraction of sp³-hybridized carbons (Fsp3) is 0.263. The number of piperazine rings is 1. The smallest absolute Gasteiger partial charge is 0.270 e. The first-order valence-corrected chi connectivity index (χ1v) is 8.88. The van der Waals surface area contributed by atoms with Crippen LogP contribution in [-0.2, 0) is 6.54 Å². The summed E-state index contributed by atoms with van der Waals surface area (Å²) < 4.78 is 19.0. The van der Waals surface area contributed by atoms with Crippen molar-refractivity contribution in [2.75, 3.05) is 19.6 Å². The van der Waals surface area contributed by atoms with Crippen LogP contribution < -0.4 is 5.32 Å². The molecule has 0 radical (unpaired) electrons. The molecule has 0 saturated carbocycles. The number of halogens is 2. The van der Waals surface area contributed by atoms with Crippen LogP contribution in [0.15, 0.2) is 53.1 Å². The summed E-state index contributed by atoms with van der Waals surface area (Å²) in [5, 5.41) is 18.2. The predicted molar refractivity (Wildman–Crippen MR) is 106 cm³/mol. The first-order valence-electron chi connectivity index (χ1n) is 8.88. The molecule has 0 amide bonds. The second kappa shape index (κ2) is 9.08. The molecule has 152 valence electrons. The molecule has 3 aromatic rings. The standard InChI is InChI=1S/C19H18FN5O3.ClH/c20-15-5-1-3-13(9-15)17-11-21-7-8-24(17)12-18-22-19(23-28-18)14-4-2-6-16(10-14)25(26)27;/h1-6,9-10,17,21H,7-8,11-12H2;1H. The maximum atomic E-state index is 13.6. The third-order valence-corrected chi connectivity index (χ3v) is 4.71. The minimum atomic E-state index is -0.463. The van der Waals surface area contributed by atoms with E-state index in [1.807, 2.05) is 6.07 Å². The van der Waals surface area contributed by atoms with E-state index in [1.165, 1.54) is 24.3 Å². The maximum absolute atomic E-state index is 13.6. The quantitative estimate of drug-likeness (QED) is 0.500. The van der Waals surface area contributed by atoms with Gasteiger partial charge in [-0.15, -0.1) is 12.4 Å². The summed E-state index contributed by atoms with van der Waals surface area (Å²) in [5.74, 6) is 0.440. The SMILES string of the molecule is Cl.O=[N+]([O-])c1cccc(-c2noc(CN3CCNCC3c3cccc(F)c3)n2)c1. The number of nitrogens with one attached hydrogen (secondary N) is 1. The number of non-ortho nitro benzene ring substituents is 1. The molecule has 2 heterocycles. The number of aromatic nitrogens is 2. The zero-order valence-corrected chi connectivity index (χ0v) is 16.1. The fourth-order valence-electron chi connectivity index (χ4n) is 3.35. The van der Waals surface area contributed by atoms with Crippen LogP contribution in [0, 0.1) is 15.9 Å². The van der Waals surface area contributed by atoms with Crippen molar-refractivity contribution in [1.82, 2.24) is 20.4 Å². The number of nitrogens with zero attached hydrogens (tertiary/aromatic N) is 4. The number of nitro groups is 1. The van der Waals surface area contributed by atoms with Gasteiger partial charge in [0.1, 0.15) is 5.82 Å². The van der Waals surface area contributed by atoms with E-state index in [4.69, 9.17) is 4.52 Å². The van der Waals surface area contributed by atoms with Crippen LogP contribution in [0.2, 0.25) is 0 Å². The van der Waals surface area contributed by atoms with Gasteiger partial charge in [-0.05, 0) is 17.7 Å². The lowest BCUT2D eigenvalue weighted by molar-refractivity contribution is -0.384. The fourth-order valence-corrected chi connectivity index (χ4v) is 3.35. The highest BCUT2D eigenvalue weighted by Crippen LogP contribution is 2.26. The molecule has 1 N–H and O–H groups in total. The van der Waals surface area contributed by atoms with Gasteiger partial charge < -0.3 is 9.84 Å².